The number of pyridine rings is 1. The second-order valence-electron chi connectivity index (χ2n) is 3.14. The van der Waals surface area contributed by atoms with E-state index < -0.39 is 30.4 Å². The summed E-state index contributed by atoms with van der Waals surface area (Å²) in [4.78, 5) is 13.9. The highest BCUT2D eigenvalue weighted by atomic mass is 19.4. The molecule has 0 amide bonds. The van der Waals surface area contributed by atoms with Gasteiger partial charge in [-0.2, -0.15) is 13.2 Å². The molecule has 3 N–H and O–H groups in total. The van der Waals surface area contributed by atoms with Crippen LogP contribution in [0.15, 0.2) is 18.3 Å². The molecule has 5 nitrogen and oxygen atoms in total. The first-order valence-electron chi connectivity index (χ1n) is 4.45. The third-order valence-electron chi connectivity index (χ3n) is 1.79. The van der Waals surface area contributed by atoms with Crippen LogP contribution in [-0.4, -0.2) is 28.7 Å². The van der Waals surface area contributed by atoms with Gasteiger partial charge in [0.15, 0.2) is 0 Å². The summed E-state index contributed by atoms with van der Waals surface area (Å²) >= 11 is 0. The van der Waals surface area contributed by atoms with E-state index in [1.54, 1.807) is 0 Å². The number of aromatic nitrogens is 1. The van der Waals surface area contributed by atoms with Crippen LogP contribution >= 0.6 is 0 Å². The molecule has 0 aliphatic rings. The third kappa shape index (κ3) is 3.91. The van der Waals surface area contributed by atoms with Crippen molar-refractivity contribution in [3.05, 3.63) is 23.9 Å². The average molecular weight is 250 g/mol. The van der Waals surface area contributed by atoms with Gasteiger partial charge in [-0.3, -0.25) is 4.79 Å². The molecular formula is C9H9F3N2O3. The number of hydrogen-bond acceptors (Lipinski definition) is 4. The van der Waals surface area contributed by atoms with E-state index in [4.69, 9.17) is 15.6 Å². The largest absolute Gasteiger partial charge is 0.480 e. The van der Waals surface area contributed by atoms with E-state index in [0.29, 0.717) is 6.07 Å². The standard InChI is InChI=1S/C9H9F3N2O3/c10-9(11,12)5-1-2-14-7(3-5)17-4-6(13)8(15)16/h1-3,6H,4,13H2,(H,15,16). The number of halogens is 3. The zero-order valence-corrected chi connectivity index (χ0v) is 8.44. The Balaban J connectivity index is 2.70. The molecular weight excluding hydrogens is 241 g/mol. The van der Waals surface area contributed by atoms with E-state index in [2.05, 4.69) is 4.98 Å². The molecule has 0 radical (unpaired) electrons. The summed E-state index contributed by atoms with van der Waals surface area (Å²) in [6.07, 6.45) is -3.58. The van der Waals surface area contributed by atoms with Crippen molar-refractivity contribution >= 4 is 5.97 Å². The average Bonchev–Trinajstić information content (AvgIpc) is 2.25. The fourth-order valence-electron chi connectivity index (χ4n) is 0.911. The van der Waals surface area contributed by atoms with Crippen molar-refractivity contribution in [2.75, 3.05) is 6.61 Å². The summed E-state index contributed by atoms with van der Waals surface area (Å²) in [5, 5.41) is 8.44. The summed E-state index contributed by atoms with van der Waals surface area (Å²) in [5.41, 5.74) is 4.19. The molecule has 1 heterocycles. The van der Waals surface area contributed by atoms with Gasteiger partial charge in [-0.25, -0.2) is 4.98 Å². The van der Waals surface area contributed by atoms with Gasteiger partial charge in [-0.05, 0) is 6.07 Å². The molecule has 0 aliphatic heterocycles. The Hall–Kier alpha value is -1.83. The Bertz CT molecular complexity index is 409. The molecule has 1 atom stereocenters. The molecule has 0 aromatic carbocycles. The lowest BCUT2D eigenvalue weighted by Crippen LogP contribution is -2.36. The van der Waals surface area contributed by atoms with Gasteiger partial charge in [0.25, 0.3) is 0 Å². The van der Waals surface area contributed by atoms with Crippen LogP contribution in [0.1, 0.15) is 5.56 Å². The molecule has 0 spiro atoms. The number of carbonyl (C=O) groups is 1. The van der Waals surface area contributed by atoms with E-state index in [0.717, 1.165) is 12.3 Å². The SMILES string of the molecule is NC(COc1cc(C(F)(F)F)ccn1)C(=O)O. The molecule has 1 rings (SSSR count). The fourth-order valence-corrected chi connectivity index (χ4v) is 0.911. The zero-order valence-electron chi connectivity index (χ0n) is 8.44. The minimum Gasteiger partial charge on any atom is -0.480 e. The first kappa shape index (κ1) is 13.2. The van der Waals surface area contributed by atoms with Gasteiger partial charge in [0.2, 0.25) is 5.88 Å². The van der Waals surface area contributed by atoms with Gasteiger partial charge in [-0.1, -0.05) is 0 Å². The summed E-state index contributed by atoms with van der Waals surface area (Å²) in [6, 6.07) is 0.143. The zero-order chi connectivity index (χ0) is 13.1. The number of carboxylic acids is 1. The first-order valence-corrected chi connectivity index (χ1v) is 4.45. The summed E-state index contributed by atoms with van der Waals surface area (Å²) in [6.45, 7) is -0.455. The van der Waals surface area contributed by atoms with Gasteiger partial charge >= 0.3 is 12.1 Å². The Morgan fingerprint density at radius 1 is 1.59 bits per heavy atom. The Labute approximate surface area is 94.0 Å². The summed E-state index contributed by atoms with van der Waals surface area (Å²) < 4.78 is 41.6. The van der Waals surface area contributed by atoms with Gasteiger partial charge < -0.3 is 15.6 Å². The van der Waals surface area contributed by atoms with Crippen LogP contribution in [0.5, 0.6) is 5.88 Å². The van der Waals surface area contributed by atoms with Crippen molar-refractivity contribution in [1.29, 1.82) is 0 Å². The van der Waals surface area contributed by atoms with Crippen LogP contribution in [-0.2, 0) is 11.0 Å². The normalized spacial score (nSPS) is 13.2. The van der Waals surface area contributed by atoms with Crippen molar-refractivity contribution < 1.29 is 27.8 Å². The minimum absolute atomic E-state index is 0.323. The van der Waals surface area contributed by atoms with Crippen LogP contribution in [0.25, 0.3) is 0 Å². The highest BCUT2D eigenvalue weighted by Gasteiger charge is 2.31. The van der Waals surface area contributed by atoms with Gasteiger partial charge in [0, 0.05) is 12.3 Å². The van der Waals surface area contributed by atoms with Gasteiger partial charge in [-0.15, -0.1) is 0 Å². The van der Waals surface area contributed by atoms with E-state index in [-0.39, 0.29) is 5.88 Å². The lowest BCUT2D eigenvalue weighted by Gasteiger charge is -2.10. The Morgan fingerprint density at radius 3 is 2.76 bits per heavy atom. The lowest BCUT2D eigenvalue weighted by molar-refractivity contribution is -0.140. The molecule has 0 saturated carbocycles. The predicted octanol–water partition coefficient (Wildman–Crippen LogP) is 0.891. The maximum atomic E-state index is 12.3. The molecule has 1 unspecified atom stereocenters. The number of ether oxygens (including phenoxy) is 1. The maximum Gasteiger partial charge on any atom is 0.416 e. The topological polar surface area (TPSA) is 85.4 Å². The third-order valence-corrected chi connectivity index (χ3v) is 1.79. The molecule has 1 aromatic heterocycles. The van der Waals surface area contributed by atoms with Gasteiger partial charge in [0.1, 0.15) is 12.6 Å². The fraction of sp³-hybridized carbons (Fsp3) is 0.333. The van der Waals surface area contributed by atoms with E-state index in [9.17, 15) is 18.0 Å². The van der Waals surface area contributed by atoms with E-state index >= 15 is 0 Å². The van der Waals surface area contributed by atoms with Crippen molar-refractivity contribution in [2.24, 2.45) is 5.73 Å². The van der Waals surface area contributed by atoms with Crippen molar-refractivity contribution in [2.45, 2.75) is 12.2 Å². The first-order chi connectivity index (χ1) is 7.80. The number of aliphatic carboxylic acids is 1. The maximum absolute atomic E-state index is 12.3. The minimum atomic E-state index is -4.50. The summed E-state index contributed by atoms with van der Waals surface area (Å²) in [7, 11) is 0. The molecule has 17 heavy (non-hydrogen) atoms. The number of nitrogens with zero attached hydrogens (tertiary/aromatic N) is 1. The van der Waals surface area contributed by atoms with Crippen LogP contribution in [0, 0.1) is 0 Å². The molecule has 94 valence electrons. The smallest absolute Gasteiger partial charge is 0.416 e. The highest BCUT2D eigenvalue weighted by Crippen LogP contribution is 2.30. The van der Waals surface area contributed by atoms with Crippen molar-refractivity contribution in [3.8, 4) is 5.88 Å². The number of nitrogens with two attached hydrogens (primary N) is 1. The van der Waals surface area contributed by atoms with Crippen LogP contribution in [0.3, 0.4) is 0 Å². The predicted molar refractivity (Wildman–Crippen MR) is 50.3 cm³/mol. The molecule has 0 aliphatic carbocycles. The van der Waals surface area contributed by atoms with Crippen LogP contribution < -0.4 is 10.5 Å². The van der Waals surface area contributed by atoms with E-state index in [1.165, 1.54) is 0 Å². The van der Waals surface area contributed by atoms with Crippen molar-refractivity contribution in [3.63, 3.8) is 0 Å². The highest BCUT2D eigenvalue weighted by molar-refractivity contribution is 5.73. The van der Waals surface area contributed by atoms with Crippen LogP contribution in [0.4, 0.5) is 13.2 Å². The Kier molecular flexibility index (Phi) is 3.89. The molecule has 1 aromatic rings. The quantitative estimate of drug-likeness (QED) is 0.828. The number of rotatable bonds is 4. The van der Waals surface area contributed by atoms with Crippen LogP contribution in [0.2, 0.25) is 0 Å². The molecule has 8 heteroatoms. The second-order valence-corrected chi connectivity index (χ2v) is 3.14. The van der Waals surface area contributed by atoms with Crippen molar-refractivity contribution in [1.82, 2.24) is 4.98 Å². The Morgan fingerprint density at radius 2 is 2.24 bits per heavy atom. The van der Waals surface area contributed by atoms with E-state index in [1.807, 2.05) is 0 Å². The number of hydrogen-bond donors (Lipinski definition) is 2. The lowest BCUT2D eigenvalue weighted by atomic mass is 10.2. The summed E-state index contributed by atoms with van der Waals surface area (Å²) in [5.74, 6) is -1.63. The molecule has 0 bridgehead atoms. The second kappa shape index (κ2) is 5.00. The number of carboxylic acid groups (broad SMARTS) is 1. The molecule has 0 saturated heterocycles. The number of alkyl halides is 3. The molecule has 0 fully saturated rings. The monoisotopic (exact) mass is 250 g/mol. The van der Waals surface area contributed by atoms with Gasteiger partial charge in [0.05, 0.1) is 5.56 Å².